The summed E-state index contributed by atoms with van der Waals surface area (Å²) in [7, 11) is 0. The predicted molar refractivity (Wildman–Crippen MR) is 359 cm³/mol. The smallest absolute Gasteiger partial charge is 0.122 e. The fourth-order valence-electron chi connectivity index (χ4n) is 10.4. The fourth-order valence-corrected chi connectivity index (χ4v) is 10.4. The standard InChI is InChI=1S/C22H18N3.C19H20N3.C18H17FN3.C18H18N3.4Ir/c1-16-9-6-7-14-21(16)25-17(2)23-22(24-25)20-13-8-12-19(15-20)18-10-4-3-5-11-18;1-4-8-18-20-19(16-11-7-9-14(2)13-16)21-22(18)17-12-6-5-10-15(17)3;1-3-6-17-20-18(14-9-11-15(19)12-10-14)21-22(17)16-8-5-4-7-13(16)2;1-12-9-13(2)11-16(10-12)18-19-15(4)21(20-18)17-8-6-5-7-14(17)3;;;;/h3-12,14-15H,1-2H3;5-7,9-10,12-13H,4,8H2,1-3H3;4-5,7-9,11-12H,3,6H2,1-2H3;5-10H,1-4H3;;;;/q4*-1;;;;. The van der Waals surface area contributed by atoms with Crippen molar-refractivity contribution in [2.45, 2.75) is 102 Å². The van der Waals surface area contributed by atoms with Crippen molar-refractivity contribution in [3.05, 3.63) is 286 Å². The van der Waals surface area contributed by atoms with E-state index in [-0.39, 0.29) is 86.2 Å². The second-order valence-corrected chi connectivity index (χ2v) is 22.3. The Balaban J connectivity index is 0.000000196. The number of nitrogens with zero attached hydrogens (tertiary/aromatic N) is 12. The molecule has 0 spiro atoms. The molecule has 13 aromatic rings. The van der Waals surface area contributed by atoms with Gasteiger partial charge in [-0.3, -0.25) is 24.3 Å². The average molecular weight is 1950 g/mol. The first-order valence-electron chi connectivity index (χ1n) is 30.4. The van der Waals surface area contributed by atoms with Gasteiger partial charge in [-0.15, -0.1) is 136 Å². The molecular weight excluding hydrogens is 1880 g/mol. The third kappa shape index (κ3) is 18.7. The molecule has 17 heteroatoms. The van der Waals surface area contributed by atoms with Gasteiger partial charge >= 0.3 is 0 Å². The van der Waals surface area contributed by atoms with Crippen molar-refractivity contribution in [1.29, 1.82) is 0 Å². The van der Waals surface area contributed by atoms with Gasteiger partial charge in [-0.2, -0.15) is 20.4 Å². The Labute approximate surface area is 606 Å². The minimum atomic E-state index is -0.309. The molecule has 0 N–H and O–H groups in total. The van der Waals surface area contributed by atoms with Crippen molar-refractivity contribution >= 4 is 0 Å². The summed E-state index contributed by atoms with van der Waals surface area (Å²) in [5, 5.41) is 18.7. The molecule has 94 heavy (non-hydrogen) atoms. The largest absolute Gasteiger partial charge is 0.265 e. The molecule has 0 amide bonds. The first kappa shape index (κ1) is 75.1. The van der Waals surface area contributed by atoms with Crippen LogP contribution in [0.4, 0.5) is 4.39 Å². The molecule has 0 saturated carbocycles. The van der Waals surface area contributed by atoms with Crippen molar-refractivity contribution in [1.82, 2.24) is 59.1 Å². The third-order valence-corrected chi connectivity index (χ3v) is 15.0. The summed E-state index contributed by atoms with van der Waals surface area (Å²) in [6.07, 6.45) is 3.77. The molecule has 488 valence electrons. The van der Waals surface area contributed by atoms with E-state index in [1.807, 2.05) is 130 Å². The zero-order valence-corrected chi connectivity index (χ0v) is 64.0. The second kappa shape index (κ2) is 35.5. The van der Waals surface area contributed by atoms with Gasteiger partial charge in [-0.1, -0.05) is 138 Å². The predicted octanol–water partition coefficient (Wildman–Crippen LogP) is 17.4. The average Bonchev–Trinajstić information content (AvgIpc) is 1.68. The SMILES string of the molecule is CCCc1nc(-c2[c-]cc(F)cc2)nn1-c1ccccc1C.CCCc1nc(-c2[c-]ccc(C)c2)nn1-c1ccccc1C.Cc1[c-]c(-c2nc(C)n(-c3ccccc3C)n2)cc(C)c1.Cc1ccccc1-n1nc(-c2[c-]ccc(-c3ccccc3)c2)nc1C.[Ir].[Ir].[Ir].[Ir]. The van der Waals surface area contributed by atoms with Crippen molar-refractivity contribution in [3.63, 3.8) is 0 Å². The number of aryl methyl sites for hydroxylation is 11. The minimum absolute atomic E-state index is 0. The van der Waals surface area contributed by atoms with E-state index < -0.39 is 0 Å². The summed E-state index contributed by atoms with van der Waals surface area (Å²) in [4.78, 5) is 18.6. The Morgan fingerprint density at radius 1 is 0.362 bits per heavy atom. The Morgan fingerprint density at radius 3 is 1.21 bits per heavy atom. The van der Waals surface area contributed by atoms with Crippen LogP contribution in [0.15, 0.2) is 194 Å². The van der Waals surface area contributed by atoms with Crippen LogP contribution in [-0.2, 0) is 93.3 Å². The zero-order chi connectivity index (χ0) is 63.3. The molecule has 0 aliphatic heterocycles. The quantitative estimate of drug-likeness (QED) is 0.105. The van der Waals surface area contributed by atoms with Gasteiger partial charge < -0.3 is 0 Å². The van der Waals surface area contributed by atoms with Gasteiger partial charge in [0.25, 0.3) is 0 Å². The van der Waals surface area contributed by atoms with Crippen molar-refractivity contribution in [2.24, 2.45) is 0 Å². The van der Waals surface area contributed by atoms with E-state index in [0.717, 1.165) is 117 Å². The third-order valence-electron chi connectivity index (χ3n) is 15.0. The maximum Gasteiger partial charge on any atom is 0.122 e. The van der Waals surface area contributed by atoms with Gasteiger partial charge in [-0.25, -0.2) is 18.7 Å². The van der Waals surface area contributed by atoms with Crippen LogP contribution in [0.2, 0.25) is 0 Å². The van der Waals surface area contributed by atoms with Crippen molar-refractivity contribution < 1.29 is 84.8 Å². The van der Waals surface area contributed by atoms with E-state index in [4.69, 9.17) is 15.2 Å². The number of hydrogen-bond acceptors (Lipinski definition) is 8. The summed E-state index contributed by atoms with van der Waals surface area (Å²) in [5.41, 5.74) is 18.2. The van der Waals surface area contributed by atoms with Crippen LogP contribution in [0.3, 0.4) is 0 Å². The summed E-state index contributed by atoms with van der Waals surface area (Å²) in [5.74, 6) is 6.08. The first-order valence-corrected chi connectivity index (χ1v) is 30.4. The molecule has 12 nitrogen and oxygen atoms in total. The molecule has 0 aliphatic rings. The number of rotatable bonds is 13. The Kier molecular flexibility index (Phi) is 28.4. The number of halogens is 1. The molecule has 9 aromatic carbocycles. The number of para-hydroxylation sites is 4. The van der Waals surface area contributed by atoms with Crippen LogP contribution < -0.4 is 0 Å². The Morgan fingerprint density at radius 2 is 0.766 bits per heavy atom. The van der Waals surface area contributed by atoms with E-state index in [2.05, 4.69) is 190 Å². The topological polar surface area (TPSA) is 123 Å². The Bertz CT molecular complexity index is 4530. The van der Waals surface area contributed by atoms with E-state index in [9.17, 15) is 4.39 Å². The normalized spacial score (nSPS) is 10.4. The number of hydrogen-bond donors (Lipinski definition) is 0. The van der Waals surface area contributed by atoms with E-state index in [0.29, 0.717) is 17.2 Å². The molecule has 0 bridgehead atoms. The van der Waals surface area contributed by atoms with Crippen molar-refractivity contribution in [3.8, 4) is 79.4 Å². The number of benzene rings is 9. The van der Waals surface area contributed by atoms with E-state index >= 15 is 0 Å². The van der Waals surface area contributed by atoms with Crippen LogP contribution in [0, 0.1) is 92.4 Å². The maximum absolute atomic E-state index is 13.0. The zero-order valence-electron chi connectivity index (χ0n) is 54.4. The Hall–Kier alpha value is -7.93. The first-order chi connectivity index (χ1) is 43.6. The molecule has 4 radical (unpaired) electrons. The van der Waals surface area contributed by atoms with Gasteiger partial charge in [0.15, 0.2) is 0 Å². The van der Waals surface area contributed by atoms with Crippen LogP contribution in [0.1, 0.15) is 88.9 Å². The van der Waals surface area contributed by atoms with Crippen LogP contribution in [0.25, 0.3) is 79.4 Å². The van der Waals surface area contributed by atoms with Gasteiger partial charge in [0.05, 0.1) is 46.0 Å². The van der Waals surface area contributed by atoms with Crippen LogP contribution in [0.5, 0.6) is 0 Å². The van der Waals surface area contributed by atoms with Gasteiger partial charge in [0.1, 0.15) is 23.3 Å². The monoisotopic (exact) mass is 1960 g/mol. The fraction of sp³-hybridized carbons (Fsp3) is 0.195. The van der Waals surface area contributed by atoms with E-state index in [1.54, 1.807) is 6.07 Å². The molecule has 0 saturated heterocycles. The van der Waals surface area contributed by atoms with Gasteiger partial charge in [0.2, 0.25) is 0 Å². The summed E-state index contributed by atoms with van der Waals surface area (Å²) in [6.45, 7) is 22.7. The van der Waals surface area contributed by atoms with E-state index in [1.165, 1.54) is 45.5 Å². The molecule has 0 fully saturated rings. The van der Waals surface area contributed by atoms with Crippen LogP contribution >= 0.6 is 0 Å². The summed E-state index contributed by atoms with van der Waals surface area (Å²) < 4.78 is 20.7. The molecule has 0 atom stereocenters. The molecule has 4 aromatic heterocycles. The number of aromatic nitrogens is 12. The molecular formula is C77H73FIr4N12-4. The van der Waals surface area contributed by atoms with Gasteiger partial charge in [-0.05, 0) is 106 Å². The van der Waals surface area contributed by atoms with Crippen molar-refractivity contribution in [2.75, 3.05) is 0 Å². The van der Waals surface area contributed by atoms with Crippen LogP contribution in [-0.4, -0.2) is 59.1 Å². The second-order valence-electron chi connectivity index (χ2n) is 22.3. The maximum atomic E-state index is 13.0. The molecule has 13 rings (SSSR count). The summed E-state index contributed by atoms with van der Waals surface area (Å²) in [6, 6.07) is 76.4. The van der Waals surface area contributed by atoms with Gasteiger partial charge in [0, 0.05) is 99.1 Å². The molecule has 4 heterocycles. The minimum Gasteiger partial charge on any atom is -0.265 e. The molecule has 0 aliphatic carbocycles. The summed E-state index contributed by atoms with van der Waals surface area (Å²) >= 11 is 0. The molecule has 0 unspecified atom stereocenters.